The largest absolute Gasteiger partial charge is 0.393 e. The van der Waals surface area contributed by atoms with E-state index in [0.717, 1.165) is 12.8 Å². The first-order valence-electron chi connectivity index (χ1n) is 13.1. The Labute approximate surface area is 194 Å². The maximum atomic E-state index is 12.4. The lowest BCUT2D eigenvalue weighted by molar-refractivity contribution is -0.285. The molecule has 0 unspecified atom stereocenters. The predicted molar refractivity (Wildman–Crippen MR) is 126 cm³/mol. The van der Waals surface area contributed by atoms with E-state index in [1.807, 2.05) is 19.1 Å². The molecular weight excluding hydrogens is 400 g/mol. The third-order valence-corrected chi connectivity index (χ3v) is 11.3. The van der Waals surface area contributed by atoms with Gasteiger partial charge in [-0.1, -0.05) is 58.9 Å². The second kappa shape index (κ2) is 7.16. The zero-order chi connectivity index (χ0) is 23.2. The van der Waals surface area contributed by atoms with E-state index in [1.165, 1.54) is 6.42 Å². The molecule has 4 nitrogen and oxygen atoms in total. The van der Waals surface area contributed by atoms with Crippen LogP contribution < -0.4 is 0 Å². The van der Waals surface area contributed by atoms with Crippen LogP contribution in [0.25, 0.3) is 0 Å². The van der Waals surface area contributed by atoms with E-state index in [2.05, 4.69) is 39.8 Å². The number of allylic oxidation sites excluding steroid dienone is 2. The van der Waals surface area contributed by atoms with Crippen molar-refractivity contribution in [2.24, 2.45) is 40.4 Å². The van der Waals surface area contributed by atoms with Crippen LogP contribution in [0.3, 0.4) is 0 Å². The molecule has 0 radical (unpaired) electrons. The number of rotatable bonds is 4. The molecule has 2 bridgehead atoms. The standard InChI is InChI=1S/C28H44O4/c1-18(2)19(3)6-7-20(4)22-8-9-23-25(22)12-15-28(31)24(5)11-10-21(29)16-26(24,30)13-14-27(23,28)32-17-25/h6-7,13-14,18-23,29-31H,8-12,15-17H2,1-5H3/t19-,20+,21-,22+,23+,24-,25-,26-,27+,28+/m0/s1. The molecule has 0 aromatic rings. The monoisotopic (exact) mass is 444 g/mol. The van der Waals surface area contributed by atoms with Gasteiger partial charge < -0.3 is 20.1 Å². The van der Waals surface area contributed by atoms with Gasteiger partial charge in [0, 0.05) is 23.2 Å². The molecule has 1 saturated heterocycles. The number of hydrogen-bond donors (Lipinski definition) is 3. The van der Waals surface area contributed by atoms with Crippen molar-refractivity contribution in [3.63, 3.8) is 0 Å². The number of fused-ring (bicyclic) bond motifs is 2. The van der Waals surface area contributed by atoms with Gasteiger partial charge in [0.2, 0.25) is 0 Å². The first-order chi connectivity index (χ1) is 14.9. The van der Waals surface area contributed by atoms with E-state index < -0.39 is 28.3 Å². The topological polar surface area (TPSA) is 69.9 Å². The highest BCUT2D eigenvalue weighted by atomic mass is 16.5. The zero-order valence-electron chi connectivity index (χ0n) is 20.7. The molecule has 0 aromatic heterocycles. The molecule has 4 aliphatic carbocycles. The lowest BCUT2D eigenvalue weighted by Crippen LogP contribution is -2.76. The van der Waals surface area contributed by atoms with E-state index in [9.17, 15) is 15.3 Å². The van der Waals surface area contributed by atoms with E-state index in [4.69, 9.17) is 4.74 Å². The molecule has 5 rings (SSSR count). The van der Waals surface area contributed by atoms with E-state index >= 15 is 0 Å². The molecule has 1 aliphatic heterocycles. The second-order valence-electron chi connectivity index (χ2n) is 12.7. The average molecular weight is 445 g/mol. The summed E-state index contributed by atoms with van der Waals surface area (Å²) < 4.78 is 6.73. The highest BCUT2D eigenvalue weighted by Gasteiger charge is 2.79. The third-order valence-electron chi connectivity index (χ3n) is 11.3. The molecule has 4 fully saturated rings. The molecule has 0 aromatic carbocycles. The van der Waals surface area contributed by atoms with Crippen LogP contribution in [0.1, 0.15) is 79.6 Å². The zero-order valence-corrected chi connectivity index (χ0v) is 20.7. The third kappa shape index (κ3) is 2.64. The Kier molecular flexibility index (Phi) is 5.17. The van der Waals surface area contributed by atoms with Crippen molar-refractivity contribution in [2.45, 2.75) is 102 Å². The van der Waals surface area contributed by atoms with Crippen LogP contribution >= 0.6 is 0 Å². The Hall–Kier alpha value is -0.680. The van der Waals surface area contributed by atoms with Gasteiger partial charge in [-0.05, 0) is 62.2 Å². The summed E-state index contributed by atoms with van der Waals surface area (Å²) in [5, 5.41) is 34.4. The molecule has 32 heavy (non-hydrogen) atoms. The molecule has 3 saturated carbocycles. The summed E-state index contributed by atoms with van der Waals surface area (Å²) in [6, 6.07) is 0. The van der Waals surface area contributed by atoms with Crippen molar-refractivity contribution in [1.29, 1.82) is 0 Å². The Morgan fingerprint density at radius 3 is 2.44 bits per heavy atom. The summed E-state index contributed by atoms with van der Waals surface area (Å²) in [6.45, 7) is 12.0. The van der Waals surface area contributed by atoms with E-state index in [1.54, 1.807) is 0 Å². The number of aliphatic hydroxyl groups excluding tert-OH is 1. The smallest absolute Gasteiger partial charge is 0.119 e. The molecular formula is C28H44O4. The van der Waals surface area contributed by atoms with Crippen LogP contribution in [0.5, 0.6) is 0 Å². The van der Waals surface area contributed by atoms with Crippen LogP contribution in [0.4, 0.5) is 0 Å². The molecule has 180 valence electrons. The normalized spacial score (nSPS) is 53.8. The highest BCUT2D eigenvalue weighted by molar-refractivity contribution is 5.39. The minimum atomic E-state index is -1.18. The van der Waals surface area contributed by atoms with Crippen LogP contribution in [0.2, 0.25) is 0 Å². The SMILES string of the molecule is CC(C)[C@@H](C)C=C[C@@H](C)[C@H]1CC[C@@H]2[C@]13CC[C@@]1(O)[C@@]4(C)CC[C@H](O)C[C@@]4(O)C=C[C@@]21OC3. The molecule has 1 heterocycles. The van der Waals surface area contributed by atoms with Crippen LogP contribution in [-0.4, -0.2) is 44.8 Å². The average Bonchev–Trinajstić information content (AvgIpc) is 3.23. The minimum absolute atomic E-state index is 0.112. The summed E-state index contributed by atoms with van der Waals surface area (Å²) in [4.78, 5) is 0. The fraction of sp³-hybridized carbons (Fsp3) is 0.857. The second-order valence-corrected chi connectivity index (χ2v) is 12.7. The Morgan fingerprint density at radius 1 is 0.969 bits per heavy atom. The number of aliphatic hydroxyl groups is 3. The molecule has 3 N–H and O–H groups in total. The summed E-state index contributed by atoms with van der Waals surface area (Å²) in [5.74, 6) is 2.59. The van der Waals surface area contributed by atoms with Crippen molar-refractivity contribution in [3.8, 4) is 0 Å². The summed E-state index contributed by atoms with van der Waals surface area (Å²) in [5.41, 5.74) is -3.59. The summed E-state index contributed by atoms with van der Waals surface area (Å²) in [6.07, 6.45) is 13.7. The van der Waals surface area contributed by atoms with Gasteiger partial charge in [-0.25, -0.2) is 0 Å². The maximum Gasteiger partial charge on any atom is 0.119 e. The van der Waals surface area contributed by atoms with Crippen molar-refractivity contribution in [2.75, 3.05) is 6.61 Å². The van der Waals surface area contributed by atoms with Gasteiger partial charge in [0.1, 0.15) is 11.2 Å². The molecule has 0 amide bonds. The van der Waals surface area contributed by atoms with Crippen molar-refractivity contribution >= 4 is 0 Å². The molecule has 10 atom stereocenters. The Bertz CT molecular complexity index is 820. The van der Waals surface area contributed by atoms with E-state index in [-0.39, 0.29) is 5.41 Å². The first-order valence-corrected chi connectivity index (χ1v) is 13.1. The highest BCUT2D eigenvalue weighted by Crippen LogP contribution is 2.74. The van der Waals surface area contributed by atoms with Crippen molar-refractivity contribution < 1.29 is 20.1 Å². The predicted octanol–water partition coefficient (Wildman–Crippen LogP) is 4.63. The van der Waals surface area contributed by atoms with Gasteiger partial charge in [0.05, 0.1) is 18.3 Å². The van der Waals surface area contributed by atoms with Gasteiger partial charge in [-0.3, -0.25) is 0 Å². The Balaban J connectivity index is 1.50. The molecule has 1 spiro atoms. The fourth-order valence-electron chi connectivity index (χ4n) is 8.77. The molecule has 4 heteroatoms. The maximum absolute atomic E-state index is 12.4. The van der Waals surface area contributed by atoms with Gasteiger partial charge in [-0.2, -0.15) is 0 Å². The summed E-state index contributed by atoms with van der Waals surface area (Å²) in [7, 11) is 0. The van der Waals surface area contributed by atoms with Crippen LogP contribution in [-0.2, 0) is 4.74 Å². The fourth-order valence-corrected chi connectivity index (χ4v) is 8.77. The van der Waals surface area contributed by atoms with Crippen LogP contribution in [0, 0.1) is 40.4 Å². The Morgan fingerprint density at radius 2 is 1.72 bits per heavy atom. The number of hydrogen-bond acceptors (Lipinski definition) is 4. The summed E-state index contributed by atoms with van der Waals surface area (Å²) >= 11 is 0. The van der Waals surface area contributed by atoms with Crippen molar-refractivity contribution in [1.82, 2.24) is 0 Å². The first kappa shape index (κ1) is 23.1. The van der Waals surface area contributed by atoms with Gasteiger partial charge in [0.15, 0.2) is 0 Å². The molecule has 5 aliphatic rings. The lowest BCUT2D eigenvalue weighted by Gasteiger charge is -2.66. The number of ether oxygens (including phenoxy) is 1. The minimum Gasteiger partial charge on any atom is -0.393 e. The van der Waals surface area contributed by atoms with Crippen LogP contribution in [0.15, 0.2) is 24.3 Å². The van der Waals surface area contributed by atoms with Crippen molar-refractivity contribution in [3.05, 3.63) is 24.3 Å². The quantitative estimate of drug-likeness (QED) is 0.553. The van der Waals surface area contributed by atoms with Gasteiger partial charge in [0.25, 0.3) is 0 Å². The van der Waals surface area contributed by atoms with Gasteiger partial charge >= 0.3 is 0 Å². The lowest BCUT2D eigenvalue weighted by atomic mass is 9.42. The van der Waals surface area contributed by atoms with E-state index in [0.29, 0.717) is 61.9 Å². The van der Waals surface area contributed by atoms with Gasteiger partial charge in [-0.15, -0.1) is 0 Å².